The molecule has 0 saturated carbocycles. The molecule has 4 rings (SSSR count). The van der Waals surface area contributed by atoms with Gasteiger partial charge in [0.05, 0.1) is 11.4 Å². The van der Waals surface area contributed by atoms with E-state index >= 15 is 0 Å². The SMILES string of the molecule is CN(C)Cc1ccc(N=C(c2cccc(NCC(=O)O)c2)C2C(=O)Nc3cc(Cl)ccc32)cc1. The molecule has 0 saturated heterocycles. The number of fused-ring (bicyclic) bond motifs is 1. The van der Waals surface area contributed by atoms with Crippen LogP contribution in [0.25, 0.3) is 0 Å². The fourth-order valence-electron chi connectivity index (χ4n) is 3.95. The molecule has 3 N–H and O–H groups in total. The second-order valence-electron chi connectivity index (χ2n) is 8.38. The van der Waals surface area contributed by atoms with Gasteiger partial charge in [-0.15, -0.1) is 0 Å². The molecule has 1 aliphatic rings. The lowest BCUT2D eigenvalue weighted by molar-refractivity contribution is -0.135. The number of halogens is 1. The van der Waals surface area contributed by atoms with Crippen molar-refractivity contribution in [3.05, 3.63) is 88.4 Å². The van der Waals surface area contributed by atoms with E-state index in [1.807, 2.05) is 62.6 Å². The fraction of sp³-hybridized carbons (Fsp3) is 0.192. The molecule has 1 aliphatic heterocycles. The molecule has 1 atom stereocenters. The molecular weight excluding hydrogens is 452 g/mol. The number of amides is 1. The molecule has 7 nitrogen and oxygen atoms in total. The first kappa shape index (κ1) is 23.5. The summed E-state index contributed by atoms with van der Waals surface area (Å²) in [6.45, 7) is 0.599. The van der Waals surface area contributed by atoms with Crippen molar-refractivity contribution in [1.82, 2.24) is 4.90 Å². The van der Waals surface area contributed by atoms with Crippen molar-refractivity contribution >= 4 is 46.3 Å². The van der Waals surface area contributed by atoms with E-state index in [0.717, 1.165) is 28.9 Å². The molecule has 34 heavy (non-hydrogen) atoms. The number of nitrogens with zero attached hydrogens (tertiary/aromatic N) is 2. The van der Waals surface area contributed by atoms with Gasteiger partial charge in [-0.05, 0) is 67.2 Å². The molecule has 0 fully saturated rings. The van der Waals surface area contributed by atoms with E-state index in [0.29, 0.717) is 22.1 Å². The summed E-state index contributed by atoms with van der Waals surface area (Å²) < 4.78 is 0. The number of rotatable bonds is 8. The highest BCUT2D eigenvalue weighted by Crippen LogP contribution is 2.38. The van der Waals surface area contributed by atoms with Crippen LogP contribution in [-0.2, 0) is 16.1 Å². The zero-order valence-electron chi connectivity index (χ0n) is 18.9. The summed E-state index contributed by atoms with van der Waals surface area (Å²) in [6, 6.07) is 20.5. The molecule has 0 bridgehead atoms. The Morgan fingerprint density at radius 2 is 1.88 bits per heavy atom. The molecule has 1 heterocycles. The normalized spacial score (nSPS) is 15.2. The summed E-state index contributed by atoms with van der Waals surface area (Å²) in [4.78, 5) is 31.1. The average molecular weight is 477 g/mol. The lowest BCUT2D eigenvalue weighted by Gasteiger charge is -2.16. The van der Waals surface area contributed by atoms with Crippen molar-refractivity contribution in [2.24, 2.45) is 4.99 Å². The third kappa shape index (κ3) is 5.44. The molecule has 1 unspecified atom stereocenters. The standard InChI is InChI=1S/C26H25ClN4O3/c1-31(2)15-16-6-9-19(10-7-16)29-25(17-4-3-5-20(12-17)28-14-23(32)33)24-21-11-8-18(27)13-22(21)30-26(24)34/h3-13,24,28H,14-15H2,1-2H3,(H,30,34)(H,32,33). The smallest absolute Gasteiger partial charge is 0.322 e. The third-order valence-electron chi connectivity index (χ3n) is 5.41. The van der Waals surface area contributed by atoms with Crippen LogP contribution in [0.1, 0.15) is 22.6 Å². The number of aliphatic carboxylic acids is 1. The predicted octanol–water partition coefficient (Wildman–Crippen LogP) is 4.75. The summed E-state index contributed by atoms with van der Waals surface area (Å²) in [5.74, 6) is -1.79. The zero-order valence-corrected chi connectivity index (χ0v) is 19.6. The van der Waals surface area contributed by atoms with Crippen molar-refractivity contribution in [3.63, 3.8) is 0 Å². The van der Waals surface area contributed by atoms with Crippen LogP contribution in [0.2, 0.25) is 5.02 Å². The second-order valence-corrected chi connectivity index (χ2v) is 8.82. The van der Waals surface area contributed by atoms with Gasteiger partial charge in [-0.25, -0.2) is 0 Å². The Bertz CT molecular complexity index is 1260. The molecule has 0 radical (unpaired) electrons. The van der Waals surface area contributed by atoms with Crippen LogP contribution in [0.5, 0.6) is 0 Å². The highest BCUT2D eigenvalue weighted by molar-refractivity contribution is 6.31. The Labute approximate surface area is 203 Å². The number of benzene rings is 3. The maximum Gasteiger partial charge on any atom is 0.322 e. The molecule has 1 amide bonds. The Balaban J connectivity index is 1.78. The number of carbonyl (C=O) groups is 2. The van der Waals surface area contributed by atoms with E-state index in [1.54, 1.807) is 18.2 Å². The number of carboxylic acid groups (broad SMARTS) is 1. The molecular formula is C26H25ClN4O3. The van der Waals surface area contributed by atoms with Gasteiger partial charge in [-0.3, -0.25) is 14.6 Å². The van der Waals surface area contributed by atoms with E-state index in [9.17, 15) is 9.59 Å². The highest BCUT2D eigenvalue weighted by Gasteiger charge is 2.35. The Morgan fingerprint density at radius 1 is 1.12 bits per heavy atom. The first-order chi connectivity index (χ1) is 16.3. The van der Waals surface area contributed by atoms with Gasteiger partial charge in [0.2, 0.25) is 5.91 Å². The minimum Gasteiger partial charge on any atom is -0.480 e. The Morgan fingerprint density at radius 3 is 2.59 bits per heavy atom. The van der Waals surface area contributed by atoms with E-state index < -0.39 is 11.9 Å². The van der Waals surface area contributed by atoms with Crippen molar-refractivity contribution < 1.29 is 14.7 Å². The summed E-state index contributed by atoms with van der Waals surface area (Å²) in [5, 5.41) is 15.3. The number of anilines is 2. The van der Waals surface area contributed by atoms with E-state index in [-0.39, 0.29) is 12.5 Å². The average Bonchev–Trinajstić information content (AvgIpc) is 3.11. The monoisotopic (exact) mass is 476 g/mol. The van der Waals surface area contributed by atoms with Crippen LogP contribution in [-0.4, -0.2) is 48.2 Å². The first-order valence-electron chi connectivity index (χ1n) is 10.8. The van der Waals surface area contributed by atoms with Crippen molar-refractivity contribution in [2.45, 2.75) is 12.5 Å². The molecule has 0 aliphatic carbocycles. The Kier molecular flexibility index (Phi) is 6.95. The lowest BCUT2D eigenvalue weighted by atomic mass is 9.90. The van der Waals surface area contributed by atoms with Gasteiger partial charge < -0.3 is 20.6 Å². The maximum atomic E-state index is 13.1. The van der Waals surface area contributed by atoms with Gasteiger partial charge in [0.25, 0.3) is 0 Å². The van der Waals surface area contributed by atoms with Gasteiger partial charge in [0, 0.05) is 22.9 Å². The minimum absolute atomic E-state index is 0.191. The van der Waals surface area contributed by atoms with E-state index in [2.05, 4.69) is 15.5 Å². The number of carboxylic acids is 1. The quantitative estimate of drug-likeness (QED) is 0.408. The van der Waals surface area contributed by atoms with E-state index in [4.69, 9.17) is 21.7 Å². The van der Waals surface area contributed by atoms with Crippen molar-refractivity contribution in [2.75, 3.05) is 31.3 Å². The molecule has 8 heteroatoms. The van der Waals surface area contributed by atoms with Crippen LogP contribution < -0.4 is 10.6 Å². The number of hydrogen-bond acceptors (Lipinski definition) is 5. The minimum atomic E-state index is -0.960. The largest absolute Gasteiger partial charge is 0.480 e. The number of nitrogens with one attached hydrogen (secondary N) is 2. The topological polar surface area (TPSA) is 94.0 Å². The van der Waals surface area contributed by atoms with Gasteiger partial charge in [0.15, 0.2) is 0 Å². The van der Waals surface area contributed by atoms with Crippen molar-refractivity contribution in [1.29, 1.82) is 0 Å². The number of hydrogen-bond donors (Lipinski definition) is 3. The first-order valence-corrected chi connectivity index (χ1v) is 11.2. The number of carbonyl (C=O) groups excluding carboxylic acids is 1. The van der Waals surface area contributed by atoms with Crippen molar-refractivity contribution in [3.8, 4) is 0 Å². The molecule has 3 aromatic carbocycles. The highest BCUT2D eigenvalue weighted by atomic mass is 35.5. The summed E-state index contributed by atoms with van der Waals surface area (Å²) >= 11 is 6.14. The van der Waals surface area contributed by atoms with Crippen LogP contribution in [0.3, 0.4) is 0 Å². The molecule has 0 spiro atoms. The summed E-state index contributed by atoms with van der Waals surface area (Å²) in [5.41, 5.74) is 5.25. The maximum absolute atomic E-state index is 13.1. The van der Waals surface area contributed by atoms with Crippen LogP contribution in [0, 0.1) is 0 Å². The summed E-state index contributed by atoms with van der Waals surface area (Å²) in [6.07, 6.45) is 0. The second kappa shape index (κ2) is 10.1. The van der Waals surface area contributed by atoms with Gasteiger partial charge in [-0.1, -0.05) is 41.9 Å². The third-order valence-corrected chi connectivity index (χ3v) is 5.64. The van der Waals surface area contributed by atoms with Crippen LogP contribution in [0.4, 0.5) is 17.1 Å². The van der Waals surface area contributed by atoms with E-state index in [1.165, 1.54) is 0 Å². The lowest BCUT2D eigenvalue weighted by Crippen LogP contribution is -2.22. The fourth-order valence-corrected chi connectivity index (χ4v) is 4.12. The molecule has 174 valence electrons. The Hall–Kier alpha value is -3.68. The summed E-state index contributed by atoms with van der Waals surface area (Å²) in [7, 11) is 4.02. The van der Waals surface area contributed by atoms with Crippen LogP contribution >= 0.6 is 11.6 Å². The van der Waals surface area contributed by atoms with Gasteiger partial charge in [-0.2, -0.15) is 0 Å². The van der Waals surface area contributed by atoms with Crippen LogP contribution in [0.15, 0.2) is 71.7 Å². The predicted molar refractivity (Wildman–Crippen MR) is 135 cm³/mol. The number of aliphatic imine (C=N–C) groups is 1. The zero-order chi connectivity index (χ0) is 24.2. The van der Waals surface area contributed by atoms with Gasteiger partial charge >= 0.3 is 5.97 Å². The molecule has 3 aromatic rings. The molecule has 0 aromatic heterocycles. The van der Waals surface area contributed by atoms with Gasteiger partial charge in [0.1, 0.15) is 12.5 Å².